The normalized spacial score (nSPS) is 15.6. The Bertz CT molecular complexity index is 823. The SMILES string of the molecule is CCc1ccc(C(C)NC(=O)C(C)N2C(=O)c3ccccc3C2=O)cc1. The minimum Gasteiger partial charge on any atom is -0.348 e. The van der Waals surface area contributed by atoms with Crippen LogP contribution in [0.4, 0.5) is 0 Å². The fraction of sp³-hybridized carbons (Fsp3) is 0.286. The quantitative estimate of drug-likeness (QED) is 0.843. The first-order valence-corrected chi connectivity index (χ1v) is 8.80. The predicted octanol–water partition coefficient (Wildman–Crippen LogP) is 3.11. The van der Waals surface area contributed by atoms with Gasteiger partial charge in [0.2, 0.25) is 5.91 Å². The molecule has 1 N–H and O–H groups in total. The summed E-state index contributed by atoms with van der Waals surface area (Å²) in [5.74, 6) is -1.20. The summed E-state index contributed by atoms with van der Waals surface area (Å²) >= 11 is 0. The number of carbonyl (C=O) groups is 3. The molecule has 0 saturated carbocycles. The maximum Gasteiger partial charge on any atom is 0.262 e. The lowest BCUT2D eigenvalue weighted by atomic mass is 10.0. The van der Waals surface area contributed by atoms with Crippen LogP contribution in [0.5, 0.6) is 0 Å². The molecule has 2 aromatic rings. The number of fused-ring (bicyclic) bond motifs is 1. The van der Waals surface area contributed by atoms with Gasteiger partial charge in [-0.25, -0.2) is 0 Å². The van der Waals surface area contributed by atoms with Crippen molar-refractivity contribution >= 4 is 17.7 Å². The highest BCUT2D eigenvalue weighted by atomic mass is 16.2. The third-order valence-electron chi connectivity index (χ3n) is 4.84. The first-order chi connectivity index (χ1) is 12.4. The van der Waals surface area contributed by atoms with Gasteiger partial charge < -0.3 is 5.32 Å². The molecule has 0 fully saturated rings. The van der Waals surface area contributed by atoms with Gasteiger partial charge in [-0.3, -0.25) is 19.3 Å². The Kier molecular flexibility index (Phi) is 4.89. The second-order valence-corrected chi connectivity index (χ2v) is 6.53. The summed E-state index contributed by atoms with van der Waals surface area (Å²) in [6.07, 6.45) is 0.956. The molecule has 0 radical (unpaired) electrons. The van der Waals surface area contributed by atoms with Crippen LogP contribution in [-0.2, 0) is 11.2 Å². The molecule has 2 aromatic carbocycles. The average Bonchev–Trinajstić information content (AvgIpc) is 2.92. The Balaban J connectivity index is 1.72. The van der Waals surface area contributed by atoms with Gasteiger partial charge in [-0.1, -0.05) is 43.3 Å². The molecule has 2 atom stereocenters. The molecule has 0 aliphatic carbocycles. The van der Waals surface area contributed by atoms with E-state index in [0.29, 0.717) is 11.1 Å². The van der Waals surface area contributed by atoms with Gasteiger partial charge in [0, 0.05) is 0 Å². The summed E-state index contributed by atoms with van der Waals surface area (Å²) in [4.78, 5) is 38.7. The molecule has 3 rings (SSSR count). The van der Waals surface area contributed by atoms with Crippen molar-refractivity contribution in [1.29, 1.82) is 0 Å². The number of nitrogens with zero attached hydrogens (tertiary/aromatic N) is 1. The second-order valence-electron chi connectivity index (χ2n) is 6.53. The van der Waals surface area contributed by atoms with E-state index in [1.54, 1.807) is 31.2 Å². The molecule has 26 heavy (non-hydrogen) atoms. The minimum absolute atomic E-state index is 0.217. The zero-order chi connectivity index (χ0) is 18.8. The van der Waals surface area contributed by atoms with Crippen LogP contribution in [0.1, 0.15) is 58.7 Å². The van der Waals surface area contributed by atoms with E-state index < -0.39 is 17.9 Å². The van der Waals surface area contributed by atoms with Gasteiger partial charge in [0.05, 0.1) is 17.2 Å². The van der Waals surface area contributed by atoms with Gasteiger partial charge in [0.15, 0.2) is 0 Å². The highest BCUT2D eigenvalue weighted by Gasteiger charge is 2.40. The summed E-state index contributed by atoms with van der Waals surface area (Å²) in [5, 5.41) is 2.89. The van der Waals surface area contributed by atoms with Crippen LogP contribution in [0.15, 0.2) is 48.5 Å². The lowest BCUT2D eigenvalue weighted by Crippen LogP contribution is -2.48. The van der Waals surface area contributed by atoms with Gasteiger partial charge in [-0.2, -0.15) is 0 Å². The molecule has 0 bridgehead atoms. The number of carbonyl (C=O) groups excluding carboxylic acids is 3. The molecular weight excluding hydrogens is 328 g/mol. The Morgan fingerprint density at radius 1 is 0.962 bits per heavy atom. The molecule has 1 aliphatic rings. The predicted molar refractivity (Wildman–Crippen MR) is 98.8 cm³/mol. The molecule has 0 aromatic heterocycles. The van der Waals surface area contributed by atoms with Crippen molar-refractivity contribution in [3.8, 4) is 0 Å². The van der Waals surface area contributed by atoms with E-state index in [4.69, 9.17) is 0 Å². The fourth-order valence-electron chi connectivity index (χ4n) is 3.14. The van der Waals surface area contributed by atoms with Crippen molar-refractivity contribution < 1.29 is 14.4 Å². The number of amides is 3. The summed E-state index contributed by atoms with van der Waals surface area (Å²) in [6, 6.07) is 13.6. The van der Waals surface area contributed by atoms with E-state index >= 15 is 0 Å². The van der Waals surface area contributed by atoms with Gasteiger partial charge >= 0.3 is 0 Å². The number of hydrogen-bond acceptors (Lipinski definition) is 3. The lowest BCUT2D eigenvalue weighted by molar-refractivity contribution is -0.125. The van der Waals surface area contributed by atoms with Crippen LogP contribution in [0.25, 0.3) is 0 Å². The Morgan fingerprint density at radius 3 is 2.00 bits per heavy atom. The highest BCUT2D eigenvalue weighted by Crippen LogP contribution is 2.25. The number of aryl methyl sites for hydroxylation is 1. The molecule has 134 valence electrons. The van der Waals surface area contributed by atoms with E-state index in [2.05, 4.69) is 12.2 Å². The van der Waals surface area contributed by atoms with E-state index in [0.717, 1.165) is 16.9 Å². The molecule has 1 heterocycles. The summed E-state index contributed by atoms with van der Waals surface area (Å²) in [7, 11) is 0. The van der Waals surface area contributed by atoms with Crippen molar-refractivity contribution in [3.05, 3.63) is 70.8 Å². The number of benzene rings is 2. The summed E-state index contributed by atoms with van der Waals surface area (Å²) in [5.41, 5.74) is 2.90. The van der Waals surface area contributed by atoms with Gasteiger partial charge in [-0.05, 0) is 43.5 Å². The van der Waals surface area contributed by atoms with Crippen LogP contribution >= 0.6 is 0 Å². The number of hydrogen-bond donors (Lipinski definition) is 1. The topological polar surface area (TPSA) is 66.5 Å². The van der Waals surface area contributed by atoms with E-state index in [1.165, 1.54) is 5.56 Å². The first kappa shape index (κ1) is 17.9. The van der Waals surface area contributed by atoms with Crippen molar-refractivity contribution in [2.75, 3.05) is 0 Å². The number of imide groups is 1. The maximum atomic E-state index is 12.6. The largest absolute Gasteiger partial charge is 0.348 e. The van der Waals surface area contributed by atoms with Crippen LogP contribution in [0, 0.1) is 0 Å². The smallest absolute Gasteiger partial charge is 0.262 e. The standard InChI is InChI=1S/C21H22N2O3/c1-4-15-9-11-16(12-10-15)13(2)22-19(24)14(3)23-20(25)17-7-5-6-8-18(17)21(23)26/h5-14H,4H2,1-3H3,(H,22,24). The Labute approximate surface area is 153 Å². The molecule has 5 nitrogen and oxygen atoms in total. The fourth-order valence-corrected chi connectivity index (χ4v) is 3.14. The molecular formula is C21H22N2O3. The first-order valence-electron chi connectivity index (χ1n) is 8.80. The van der Waals surface area contributed by atoms with Crippen molar-refractivity contribution in [2.24, 2.45) is 0 Å². The van der Waals surface area contributed by atoms with Crippen LogP contribution in [0.3, 0.4) is 0 Å². The highest BCUT2D eigenvalue weighted by molar-refractivity contribution is 6.22. The number of nitrogens with one attached hydrogen (secondary N) is 1. The van der Waals surface area contributed by atoms with Gasteiger partial charge in [0.25, 0.3) is 11.8 Å². The summed E-state index contributed by atoms with van der Waals surface area (Å²) < 4.78 is 0. The third-order valence-corrected chi connectivity index (χ3v) is 4.84. The Morgan fingerprint density at radius 2 is 1.50 bits per heavy atom. The molecule has 5 heteroatoms. The lowest BCUT2D eigenvalue weighted by Gasteiger charge is -2.24. The average molecular weight is 350 g/mol. The van der Waals surface area contributed by atoms with Crippen molar-refractivity contribution in [2.45, 2.75) is 39.3 Å². The monoisotopic (exact) mass is 350 g/mol. The molecule has 1 aliphatic heterocycles. The molecule has 0 spiro atoms. The minimum atomic E-state index is -0.875. The van der Waals surface area contributed by atoms with Crippen molar-refractivity contribution in [1.82, 2.24) is 10.2 Å². The Hall–Kier alpha value is -2.95. The van der Waals surface area contributed by atoms with E-state index in [1.807, 2.05) is 31.2 Å². The molecule has 3 amide bonds. The van der Waals surface area contributed by atoms with Crippen LogP contribution in [0.2, 0.25) is 0 Å². The van der Waals surface area contributed by atoms with Gasteiger partial charge in [0.1, 0.15) is 6.04 Å². The summed E-state index contributed by atoms with van der Waals surface area (Å²) in [6.45, 7) is 5.54. The maximum absolute atomic E-state index is 12.6. The van der Waals surface area contributed by atoms with Crippen molar-refractivity contribution in [3.63, 3.8) is 0 Å². The number of rotatable bonds is 5. The van der Waals surface area contributed by atoms with Crippen LogP contribution in [-0.4, -0.2) is 28.7 Å². The van der Waals surface area contributed by atoms with Gasteiger partial charge in [-0.15, -0.1) is 0 Å². The molecule has 0 saturated heterocycles. The third kappa shape index (κ3) is 3.12. The molecule has 2 unspecified atom stereocenters. The zero-order valence-electron chi connectivity index (χ0n) is 15.2. The van der Waals surface area contributed by atoms with E-state index in [-0.39, 0.29) is 11.9 Å². The second kappa shape index (κ2) is 7.12. The van der Waals surface area contributed by atoms with Crippen LogP contribution < -0.4 is 5.32 Å². The zero-order valence-corrected chi connectivity index (χ0v) is 15.2. The van der Waals surface area contributed by atoms with E-state index in [9.17, 15) is 14.4 Å².